The van der Waals surface area contributed by atoms with E-state index in [-0.39, 0.29) is 5.97 Å². The Bertz CT molecular complexity index is 560. The molecule has 0 aliphatic rings. The highest BCUT2D eigenvalue weighted by Crippen LogP contribution is 2.16. The van der Waals surface area contributed by atoms with Crippen LogP contribution in [0.1, 0.15) is 41.7 Å². The number of alkyl carbamates (subject to hydrolysis) is 1. The number of amides is 1. The number of carbonyl (C=O) groups is 2. The fourth-order valence-corrected chi connectivity index (χ4v) is 2.11. The van der Waals surface area contributed by atoms with E-state index in [0.717, 1.165) is 4.88 Å². The Morgan fingerprint density at radius 2 is 2.05 bits per heavy atom. The van der Waals surface area contributed by atoms with Gasteiger partial charge in [-0.2, -0.15) is 0 Å². The molecule has 1 rings (SSSR count). The third-order valence-electron chi connectivity index (χ3n) is 2.12. The molecule has 1 heterocycles. The molecule has 1 aromatic heterocycles. The highest BCUT2D eigenvalue weighted by Gasteiger charge is 2.15. The van der Waals surface area contributed by atoms with E-state index < -0.39 is 11.7 Å². The lowest BCUT2D eigenvalue weighted by atomic mass is 10.2. The standard InChI is InChI=1S/C15H19NO4S/c1-15(2,3)20-14(18)16-10-6-5-7-11-8-9-12(21-11)13(17)19-4/h8-9H,6,10H2,1-4H3,(H,16,18). The van der Waals surface area contributed by atoms with E-state index in [4.69, 9.17) is 4.74 Å². The van der Waals surface area contributed by atoms with Gasteiger partial charge in [0.05, 0.1) is 12.0 Å². The van der Waals surface area contributed by atoms with E-state index in [1.165, 1.54) is 18.4 Å². The lowest BCUT2D eigenvalue weighted by Gasteiger charge is -2.19. The first-order valence-electron chi connectivity index (χ1n) is 6.45. The minimum atomic E-state index is -0.503. The highest BCUT2D eigenvalue weighted by atomic mass is 32.1. The topological polar surface area (TPSA) is 64.6 Å². The number of esters is 1. The first-order valence-corrected chi connectivity index (χ1v) is 7.27. The summed E-state index contributed by atoms with van der Waals surface area (Å²) in [6.45, 7) is 5.84. The predicted molar refractivity (Wildman–Crippen MR) is 81.4 cm³/mol. The number of methoxy groups -OCH3 is 1. The first kappa shape index (κ1) is 17.1. The molecule has 0 atom stereocenters. The third-order valence-corrected chi connectivity index (χ3v) is 3.10. The quantitative estimate of drug-likeness (QED) is 0.530. The zero-order valence-corrected chi connectivity index (χ0v) is 13.4. The highest BCUT2D eigenvalue weighted by molar-refractivity contribution is 7.14. The average Bonchev–Trinajstić information content (AvgIpc) is 2.84. The van der Waals surface area contributed by atoms with Gasteiger partial charge in [-0.25, -0.2) is 9.59 Å². The molecule has 0 unspecified atom stereocenters. The van der Waals surface area contributed by atoms with E-state index in [9.17, 15) is 9.59 Å². The summed E-state index contributed by atoms with van der Waals surface area (Å²) < 4.78 is 9.72. The van der Waals surface area contributed by atoms with Gasteiger partial charge in [0.15, 0.2) is 0 Å². The molecule has 0 fully saturated rings. The Labute approximate surface area is 128 Å². The third kappa shape index (κ3) is 6.82. The minimum Gasteiger partial charge on any atom is -0.465 e. The Morgan fingerprint density at radius 3 is 2.67 bits per heavy atom. The molecule has 5 nitrogen and oxygen atoms in total. The van der Waals surface area contributed by atoms with Crippen LogP contribution in [-0.4, -0.2) is 31.3 Å². The van der Waals surface area contributed by atoms with E-state index in [1.54, 1.807) is 12.1 Å². The van der Waals surface area contributed by atoms with Crippen LogP contribution in [0.3, 0.4) is 0 Å². The molecule has 0 radical (unpaired) electrons. The van der Waals surface area contributed by atoms with Crippen molar-refractivity contribution in [2.24, 2.45) is 0 Å². The number of thiophene rings is 1. The summed E-state index contributed by atoms with van der Waals surface area (Å²) in [6, 6.07) is 3.45. The van der Waals surface area contributed by atoms with Gasteiger partial charge >= 0.3 is 12.1 Å². The summed E-state index contributed by atoms with van der Waals surface area (Å²) >= 11 is 1.28. The molecular formula is C15H19NO4S. The molecule has 0 saturated heterocycles. The van der Waals surface area contributed by atoms with Crippen molar-refractivity contribution >= 4 is 23.4 Å². The van der Waals surface area contributed by atoms with Crippen LogP contribution in [-0.2, 0) is 9.47 Å². The summed E-state index contributed by atoms with van der Waals surface area (Å²) in [5.41, 5.74) is -0.503. The number of nitrogens with one attached hydrogen (secondary N) is 1. The van der Waals surface area contributed by atoms with Crippen LogP contribution >= 0.6 is 11.3 Å². The second-order valence-electron chi connectivity index (χ2n) is 5.14. The number of rotatable bonds is 3. The van der Waals surface area contributed by atoms with Gasteiger partial charge in [0.25, 0.3) is 0 Å². The normalized spacial score (nSPS) is 10.3. The Morgan fingerprint density at radius 1 is 1.33 bits per heavy atom. The van der Waals surface area contributed by atoms with Crippen molar-refractivity contribution in [2.75, 3.05) is 13.7 Å². The largest absolute Gasteiger partial charge is 0.465 e. The molecule has 0 bridgehead atoms. The maximum atomic E-state index is 11.4. The molecule has 0 aliphatic carbocycles. The fraction of sp³-hybridized carbons (Fsp3) is 0.467. The molecule has 0 spiro atoms. The molecule has 0 saturated carbocycles. The van der Waals surface area contributed by atoms with Crippen LogP contribution in [0.25, 0.3) is 0 Å². The second-order valence-corrected chi connectivity index (χ2v) is 6.22. The van der Waals surface area contributed by atoms with Crippen LogP contribution in [0, 0.1) is 11.8 Å². The zero-order valence-electron chi connectivity index (χ0n) is 12.6. The summed E-state index contributed by atoms with van der Waals surface area (Å²) in [6.07, 6.45) is 0.0541. The van der Waals surface area contributed by atoms with E-state index in [0.29, 0.717) is 17.8 Å². The van der Waals surface area contributed by atoms with Crippen LogP contribution in [0.4, 0.5) is 4.79 Å². The van der Waals surface area contributed by atoms with Gasteiger partial charge in [-0.3, -0.25) is 0 Å². The van der Waals surface area contributed by atoms with Crippen molar-refractivity contribution in [1.29, 1.82) is 0 Å². The average molecular weight is 309 g/mol. The van der Waals surface area contributed by atoms with Gasteiger partial charge in [0.1, 0.15) is 10.5 Å². The van der Waals surface area contributed by atoms with Gasteiger partial charge in [-0.05, 0) is 32.9 Å². The van der Waals surface area contributed by atoms with Gasteiger partial charge in [-0.1, -0.05) is 11.8 Å². The first-order chi connectivity index (χ1) is 9.81. The monoisotopic (exact) mass is 309 g/mol. The van der Waals surface area contributed by atoms with E-state index in [1.807, 2.05) is 20.8 Å². The number of hydrogen-bond donors (Lipinski definition) is 1. The molecule has 6 heteroatoms. The molecular weight excluding hydrogens is 290 g/mol. The van der Waals surface area contributed by atoms with Crippen LogP contribution in [0.2, 0.25) is 0 Å². The summed E-state index contributed by atoms with van der Waals surface area (Å²) in [7, 11) is 1.34. The Balaban J connectivity index is 2.35. The minimum absolute atomic E-state index is 0.361. The zero-order chi connectivity index (χ0) is 15.9. The van der Waals surface area contributed by atoms with Crippen molar-refractivity contribution in [3.63, 3.8) is 0 Å². The molecule has 0 aliphatic heterocycles. The molecule has 114 valence electrons. The fourth-order valence-electron chi connectivity index (χ4n) is 1.31. The van der Waals surface area contributed by atoms with Crippen molar-refractivity contribution in [2.45, 2.75) is 32.8 Å². The van der Waals surface area contributed by atoms with E-state index >= 15 is 0 Å². The summed E-state index contributed by atoms with van der Waals surface area (Å²) in [4.78, 5) is 23.9. The lowest BCUT2D eigenvalue weighted by molar-refractivity contribution is 0.0528. The van der Waals surface area contributed by atoms with Gasteiger partial charge in [-0.15, -0.1) is 11.3 Å². The van der Waals surface area contributed by atoms with Gasteiger partial charge < -0.3 is 14.8 Å². The molecule has 21 heavy (non-hydrogen) atoms. The van der Waals surface area contributed by atoms with Crippen molar-refractivity contribution in [3.05, 3.63) is 21.9 Å². The Hall–Kier alpha value is -2.00. The molecule has 1 N–H and O–H groups in total. The second kappa shape index (κ2) is 7.70. The van der Waals surface area contributed by atoms with Crippen molar-refractivity contribution < 1.29 is 19.1 Å². The van der Waals surface area contributed by atoms with Crippen LogP contribution in [0.15, 0.2) is 12.1 Å². The maximum absolute atomic E-state index is 11.4. The van der Waals surface area contributed by atoms with Crippen molar-refractivity contribution in [3.8, 4) is 11.8 Å². The number of hydrogen-bond acceptors (Lipinski definition) is 5. The maximum Gasteiger partial charge on any atom is 0.407 e. The SMILES string of the molecule is COC(=O)c1ccc(C#CCCNC(=O)OC(C)(C)C)s1. The van der Waals surface area contributed by atoms with E-state index in [2.05, 4.69) is 21.9 Å². The molecule has 1 aromatic rings. The molecule has 1 amide bonds. The predicted octanol–water partition coefficient (Wildman–Crippen LogP) is 2.80. The Kier molecular flexibility index (Phi) is 6.25. The van der Waals surface area contributed by atoms with Gasteiger partial charge in [0, 0.05) is 13.0 Å². The number of carbonyl (C=O) groups excluding carboxylic acids is 2. The van der Waals surface area contributed by atoms with Crippen molar-refractivity contribution in [1.82, 2.24) is 5.32 Å². The number of ether oxygens (including phenoxy) is 2. The van der Waals surface area contributed by atoms with Crippen LogP contribution in [0.5, 0.6) is 0 Å². The summed E-state index contributed by atoms with van der Waals surface area (Å²) in [5.74, 6) is 5.50. The van der Waals surface area contributed by atoms with Crippen LogP contribution < -0.4 is 5.32 Å². The summed E-state index contributed by atoms with van der Waals surface area (Å²) in [5, 5.41) is 2.62. The lowest BCUT2D eigenvalue weighted by Crippen LogP contribution is -2.32. The molecule has 0 aromatic carbocycles. The smallest absolute Gasteiger partial charge is 0.407 e. The van der Waals surface area contributed by atoms with Gasteiger partial charge in [0.2, 0.25) is 0 Å².